The van der Waals surface area contributed by atoms with E-state index < -0.39 is 17.5 Å². The van der Waals surface area contributed by atoms with Gasteiger partial charge in [0.15, 0.2) is 16.4 Å². The molecule has 188 valence electrons. The number of oxazole rings is 1. The minimum atomic E-state index is -0.714. The molecule has 0 unspecified atom stereocenters. The summed E-state index contributed by atoms with van der Waals surface area (Å²) in [5, 5.41) is 11.3. The van der Waals surface area contributed by atoms with E-state index in [1.807, 2.05) is 0 Å². The van der Waals surface area contributed by atoms with Crippen LogP contribution in [0.1, 0.15) is 21.1 Å². The molecular formula is C24H17ClFN5O5S. The van der Waals surface area contributed by atoms with Crippen LogP contribution in [0.15, 0.2) is 51.8 Å². The lowest BCUT2D eigenvalue weighted by atomic mass is 9.98. The van der Waals surface area contributed by atoms with Crippen LogP contribution in [0.3, 0.4) is 0 Å². The number of halogens is 2. The lowest BCUT2D eigenvalue weighted by molar-refractivity contribution is 0.102. The van der Waals surface area contributed by atoms with E-state index in [1.165, 1.54) is 25.4 Å². The first-order chi connectivity index (χ1) is 17.8. The van der Waals surface area contributed by atoms with E-state index in [0.29, 0.717) is 27.6 Å². The fourth-order valence-corrected chi connectivity index (χ4v) is 4.40. The Morgan fingerprint density at radius 1 is 1.24 bits per heavy atom. The molecule has 0 bridgehead atoms. The van der Waals surface area contributed by atoms with E-state index in [-0.39, 0.29) is 39.2 Å². The minimum Gasteiger partial charge on any atom is -0.496 e. The van der Waals surface area contributed by atoms with Crippen molar-refractivity contribution in [1.29, 1.82) is 0 Å². The van der Waals surface area contributed by atoms with Crippen LogP contribution in [-0.2, 0) is 6.61 Å². The van der Waals surface area contributed by atoms with Crippen LogP contribution in [0.2, 0.25) is 5.02 Å². The second kappa shape index (κ2) is 9.99. The van der Waals surface area contributed by atoms with Gasteiger partial charge in [0.2, 0.25) is 5.13 Å². The van der Waals surface area contributed by atoms with Crippen molar-refractivity contribution in [3.8, 4) is 22.6 Å². The number of methoxy groups -OCH3 is 1. The Hall–Kier alpha value is -4.29. The molecule has 0 atom stereocenters. The molecule has 3 aromatic heterocycles. The maximum Gasteiger partial charge on any atom is 0.417 e. The quantitative estimate of drug-likeness (QED) is 0.295. The highest BCUT2D eigenvalue weighted by Crippen LogP contribution is 2.38. The molecule has 37 heavy (non-hydrogen) atoms. The first-order valence-corrected chi connectivity index (χ1v) is 11.9. The normalized spacial score (nSPS) is 11.0. The van der Waals surface area contributed by atoms with Gasteiger partial charge in [0.05, 0.1) is 28.8 Å². The van der Waals surface area contributed by atoms with Gasteiger partial charge in [0, 0.05) is 23.5 Å². The molecule has 0 aliphatic rings. The first kappa shape index (κ1) is 24.4. The predicted molar refractivity (Wildman–Crippen MR) is 135 cm³/mol. The van der Waals surface area contributed by atoms with Crippen molar-refractivity contribution in [1.82, 2.24) is 20.2 Å². The standard InChI is InChI=1S/C24H17ClFN5O5S/c1-11-7-13(20-18(34-2)6-4-15(25)21(20)26)14(9-27-11)22(32)29-23-31-30-19(37-23)10-35-12-3-5-17-16(8-12)28-24(33)36-17/h3-9H,10H2,1-2H3,(H,28,33)(H,29,31,32). The van der Waals surface area contributed by atoms with Gasteiger partial charge in [-0.25, -0.2) is 9.18 Å². The number of nitrogens with one attached hydrogen (secondary N) is 2. The van der Waals surface area contributed by atoms with E-state index in [0.717, 1.165) is 11.3 Å². The molecule has 5 rings (SSSR count). The molecule has 0 fully saturated rings. The van der Waals surface area contributed by atoms with Crippen molar-refractivity contribution < 1.29 is 23.1 Å². The topological polar surface area (TPSA) is 132 Å². The summed E-state index contributed by atoms with van der Waals surface area (Å²) in [6, 6.07) is 9.37. The molecule has 13 heteroatoms. The smallest absolute Gasteiger partial charge is 0.417 e. The molecule has 0 spiro atoms. The molecule has 10 nitrogen and oxygen atoms in total. The van der Waals surface area contributed by atoms with Crippen LogP contribution in [-0.4, -0.2) is 33.2 Å². The minimum absolute atomic E-state index is 0.0490. The summed E-state index contributed by atoms with van der Waals surface area (Å²) in [4.78, 5) is 31.2. The zero-order chi connectivity index (χ0) is 26.1. The highest BCUT2D eigenvalue weighted by atomic mass is 35.5. The van der Waals surface area contributed by atoms with Gasteiger partial charge in [0.25, 0.3) is 5.91 Å². The summed E-state index contributed by atoms with van der Waals surface area (Å²) in [6.07, 6.45) is 1.35. The van der Waals surface area contributed by atoms with Crippen LogP contribution in [0.4, 0.5) is 9.52 Å². The second-order valence-electron chi connectivity index (χ2n) is 7.73. The van der Waals surface area contributed by atoms with Gasteiger partial charge in [-0.1, -0.05) is 22.9 Å². The van der Waals surface area contributed by atoms with Crippen LogP contribution >= 0.6 is 22.9 Å². The van der Waals surface area contributed by atoms with E-state index in [1.54, 1.807) is 31.2 Å². The Kier molecular flexibility index (Phi) is 6.59. The Balaban J connectivity index is 1.35. The number of aromatic nitrogens is 4. The van der Waals surface area contributed by atoms with Crippen molar-refractivity contribution in [3.63, 3.8) is 0 Å². The number of amides is 1. The zero-order valence-electron chi connectivity index (χ0n) is 19.3. The van der Waals surface area contributed by atoms with Gasteiger partial charge in [-0.2, -0.15) is 0 Å². The Morgan fingerprint density at radius 2 is 2.08 bits per heavy atom. The van der Waals surface area contributed by atoms with Crippen LogP contribution < -0.4 is 20.5 Å². The van der Waals surface area contributed by atoms with E-state index in [2.05, 4.69) is 25.5 Å². The number of benzene rings is 2. The van der Waals surface area contributed by atoms with Gasteiger partial charge in [-0.15, -0.1) is 10.2 Å². The highest BCUT2D eigenvalue weighted by Gasteiger charge is 2.23. The van der Waals surface area contributed by atoms with Crippen LogP contribution in [0, 0.1) is 12.7 Å². The number of H-pyrrole nitrogens is 1. The van der Waals surface area contributed by atoms with Gasteiger partial charge < -0.3 is 13.9 Å². The lowest BCUT2D eigenvalue weighted by Crippen LogP contribution is -2.14. The summed E-state index contributed by atoms with van der Waals surface area (Å²) < 4.78 is 31.0. The Labute approximate surface area is 217 Å². The van der Waals surface area contributed by atoms with Crippen LogP contribution in [0.25, 0.3) is 22.2 Å². The number of fused-ring (bicyclic) bond motifs is 1. The monoisotopic (exact) mass is 541 g/mol. The maximum absolute atomic E-state index is 15.0. The molecule has 1 amide bonds. The van der Waals surface area contributed by atoms with Gasteiger partial charge >= 0.3 is 5.76 Å². The number of anilines is 1. The van der Waals surface area contributed by atoms with Crippen molar-refractivity contribution in [2.75, 3.05) is 12.4 Å². The third-order valence-electron chi connectivity index (χ3n) is 5.27. The largest absolute Gasteiger partial charge is 0.496 e. The second-order valence-corrected chi connectivity index (χ2v) is 9.20. The van der Waals surface area contributed by atoms with E-state index in [4.69, 9.17) is 25.5 Å². The van der Waals surface area contributed by atoms with Crippen molar-refractivity contribution in [2.45, 2.75) is 13.5 Å². The fourth-order valence-electron chi connectivity index (χ4n) is 3.59. The van der Waals surface area contributed by atoms with Crippen molar-refractivity contribution in [2.24, 2.45) is 0 Å². The summed E-state index contributed by atoms with van der Waals surface area (Å²) in [6.45, 7) is 1.79. The summed E-state index contributed by atoms with van der Waals surface area (Å²) in [7, 11) is 1.40. The van der Waals surface area contributed by atoms with Gasteiger partial charge in [-0.3, -0.25) is 20.1 Å². The van der Waals surface area contributed by atoms with Crippen LogP contribution in [0.5, 0.6) is 11.5 Å². The predicted octanol–water partition coefficient (Wildman–Crippen LogP) is 4.98. The highest BCUT2D eigenvalue weighted by molar-refractivity contribution is 7.15. The number of hydrogen-bond donors (Lipinski definition) is 2. The number of hydrogen-bond acceptors (Lipinski definition) is 9. The number of nitrogens with zero attached hydrogens (tertiary/aromatic N) is 3. The van der Waals surface area contributed by atoms with E-state index in [9.17, 15) is 9.59 Å². The molecule has 0 saturated carbocycles. The van der Waals surface area contributed by atoms with E-state index >= 15 is 4.39 Å². The number of rotatable bonds is 7. The van der Waals surface area contributed by atoms with Gasteiger partial charge in [-0.05, 0) is 37.3 Å². The van der Waals surface area contributed by atoms with Crippen molar-refractivity contribution >= 4 is 45.1 Å². The number of carbonyl (C=O) groups excluding carboxylic acids is 1. The number of aryl methyl sites for hydroxylation is 1. The Morgan fingerprint density at radius 3 is 2.89 bits per heavy atom. The number of pyridine rings is 1. The lowest BCUT2D eigenvalue weighted by Gasteiger charge is -2.14. The Bertz CT molecular complexity index is 1700. The molecular weight excluding hydrogens is 525 g/mol. The third kappa shape index (κ3) is 5.01. The number of carbonyl (C=O) groups is 1. The fraction of sp³-hybridized carbons (Fsp3) is 0.125. The molecule has 0 aliphatic carbocycles. The SMILES string of the molecule is COc1ccc(Cl)c(F)c1-c1cc(C)ncc1C(=O)Nc1nnc(COc2ccc3oc(=O)[nH]c3c2)s1. The molecule has 0 saturated heterocycles. The van der Waals surface area contributed by atoms with Gasteiger partial charge in [0.1, 0.15) is 18.1 Å². The molecule has 0 radical (unpaired) electrons. The average Bonchev–Trinajstić information content (AvgIpc) is 3.48. The molecule has 2 N–H and O–H groups in total. The first-order valence-electron chi connectivity index (χ1n) is 10.7. The summed E-state index contributed by atoms with van der Waals surface area (Å²) in [5.74, 6) is -1.14. The maximum atomic E-state index is 15.0. The van der Waals surface area contributed by atoms with Crippen molar-refractivity contribution in [3.05, 3.63) is 80.3 Å². The summed E-state index contributed by atoms with van der Waals surface area (Å²) >= 11 is 7.11. The zero-order valence-corrected chi connectivity index (χ0v) is 20.9. The molecule has 5 aromatic rings. The third-order valence-corrected chi connectivity index (χ3v) is 6.38. The molecule has 0 aliphatic heterocycles. The molecule has 2 aromatic carbocycles. The number of aromatic amines is 1. The average molecular weight is 542 g/mol. The number of ether oxygens (including phenoxy) is 2. The molecule has 3 heterocycles. The summed E-state index contributed by atoms with van der Waals surface area (Å²) in [5.41, 5.74) is 1.90.